The van der Waals surface area contributed by atoms with E-state index in [4.69, 9.17) is 9.47 Å². The minimum Gasteiger partial charge on any atom is -0.493 e. The highest BCUT2D eigenvalue weighted by Crippen LogP contribution is 2.37. The second-order valence-corrected chi connectivity index (χ2v) is 10.2. The molecule has 1 aliphatic rings. The minimum absolute atomic E-state index is 0.242. The van der Waals surface area contributed by atoms with Gasteiger partial charge in [-0.25, -0.2) is 13.4 Å². The maximum absolute atomic E-state index is 13.6. The number of fused-ring (bicyclic) bond motifs is 1. The highest BCUT2D eigenvalue weighted by atomic mass is 32.2. The number of aromatic nitrogens is 2. The van der Waals surface area contributed by atoms with Crippen molar-refractivity contribution in [2.24, 2.45) is 0 Å². The number of benzene rings is 2. The zero-order valence-corrected chi connectivity index (χ0v) is 19.9. The average Bonchev–Trinajstić information content (AvgIpc) is 3.39. The first-order valence-corrected chi connectivity index (χ1v) is 12.8. The molecule has 1 unspecified atom stereocenters. The number of ether oxygens (including phenoxy) is 2. The van der Waals surface area contributed by atoms with Gasteiger partial charge in [-0.3, -0.25) is 14.5 Å². The number of amides is 2. The molecule has 9 nitrogen and oxygen atoms in total. The number of carbonyl (C=O) groups is 2. The summed E-state index contributed by atoms with van der Waals surface area (Å²) >= 11 is 0. The Balaban J connectivity index is 1.79. The average molecular weight is 484 g/mol. The van der Waals surface area contributed by atoms with Crippen LogP contribution < -0.4 is 9.47 Å². The Hall–Kier alpha value is -3.66. The molecule has 10 heteroatoms. The summed E-state index contributed by atoms with van der Waals surface area (Å²) in [6.07, 6.45) is 4.70. The molecule has 3 aromatic rings. The molecule has 0 bridgehead atoms. The number of nitrogens with zero attached hydrogens (tertiary/aromatic N) is 2. The minimum atomic E-state index is -3.57. The number of methoxy groups -OCH3 is 1. The number of imide groups is 1. The largest absolute Gasteiger partial charge is 0.493 e. The molecule has 0 saturated heterocycles. The summed E-state index contributed by atoms with van der Waals surface area (Å²) in [4.78, 5) is 35.3. The second kappa shape index (κ2) is 9.30. The van der Waals surface area contributed by atoms with E-state index in [2.05, 4.69) is 9.97 Å². The van der Waals surface area contributed by atoms with E-state index in [1.807, 2.05) is 6.92 Å². The quantitative estimate of drug-likeness (QED) is 0.465. The number of nitrogens with one attached hydrogen (secondary N) is 1. The fraction of sp³-hybridized carbons (Fsp3) is 0.292. The molecule has 0 radical (unpaired) electrons. The van der Waals surface area contributed by atoms with Gasteiger partial charge in [-0.2, -0.15) is 0 Å². The Kier molecular flexibility index (Phi) is 6.43. The normalized spacial score (nSPS) is 14.3. The van der Waals surface area contributed by atoms with Crippen molar-refractivity contribution in [3.63, 3.8) is 0 Å². The maximum Gasteiger partial charge on any atom is 0.262 e. The zero-order chi connectivity index (χ0) is 24.5. The molecule has 4 rings (SSSR count). The van der Waals surface area contributed by atoms with E-state index in [1.165, 1.54) is 7.11 Å². The molecule has 0 saturated carbocycles. The van der Waals surface area contributed by atoms with Gasteiger partial charge in [0.1, 0.15) is 15.7 Å². The Labute approximate surface area is 197 Å². The first kappa shape index (κ1) is 23.5. The Bertz CT molecular complexity index is 1330. The standard InChI is InChI=1S/C24H25N3O6S/c1-4-33-20-12-15(8-9-19(20)32-2)18(14-34(3,30)31)27-23(28)17-7-5-6-16(22(17)24(27)29)13-21-25-10-11-26-21/h5-12,18H,4,13-14H2,1-3H3,(H,25,26). The van der Waals surface area contributed by atoms with E-state index >= 15 is 0 Å². The van der Waals surface area contributed by atoms with Gasteiger partial charge >= 0.3 is 0 Å². The predicted molar refractivity (Wildman–Crippen MR) is 125 cm³/mol. The molecule has 0 fully saturated rings. The van der Waals surface area contributed by atoms with Gasteiger partial charge in [0.2, 0.25) is 0 Å². The summed E-state index contributed by atoms with van der Waals surface area (Å²) < 4.78 is 35.7. The lowest BCUT2D eigenvalue weighted by Crippen LogP contribution is -2.37. The zero-order valence-electron chi connectivity index (χ0n) is 19.1. The number of rotatable bonds is 9. The maximum atomic E-state index is 13.6. The molecule has 0 aliphatic carbocycles. The summed E-state index contributed by atoms with van der Waals surface area (Å²) in [5.41, 5.74) is 1.60. The highest BCUT2D eigenvalue weighted by molar-refractivity contribution is 7.90. The van der Waals surface area contributed by atoms with Crippen molar-refractivity contribution >= 4 is 21.7 Å². The Morgan fingerprint density at radius 3 is 2.56 bits per heavy atom. The van der Waals surface area contributed by atoms with Crippen LogP contribution in [0.25, 0.3) is 0 Å². The smallest absolute Gasteiger partial charge is 0.262 e. The van der Waals surface area contributed by atoms with Crippen molar-refractivity contribution in [1.82, 2.24) is 14.9 Å². The molecule has 1 N–H and O–H groups in total. The van der Waals surface area contributed by atoms with E-state index < -0.39 is 33.4 Å². The lowest BCUT2D eigenvalue weighted by molar-refractivity contribution is 0.0597. The fourth-order valence-corrected chi connectivity index (χ4v) is 5.07. The van der Waals surface area contributed by atoms with E-state index in [0.717, 1.165) is 11.2 Å². The molecule has 2 heterocycles. The van der Waals surface area contributed by atoms with Crippen molar-refractivity contribution in [2.45, 2.75) is 19.4 Å². The molecule has 2 aromatic carbocycles. The van der Waals surface area contributed by atoms with Crippen LogP contribution in [-0.2, 0) is 16.3 Å². The molecule has 34 heavy (non-hydrogen) atoms. The van der Waals surface area contributed by atoms with E-state index in [9.17, 15) is 18.0 Å². The van der Waals surface area contributed by atoms with Crippen molar-refractivity contribution in [2.75, 3.05) is 25.7 Å². The summed E-state index contributed by atoms with van der Waals surface area (Å²) in [7, 11) is -2.07. The number of imidazole rings is 1. The van der Waals surface area contributed by atoms with Gasteiger partial charge in [0.25, 0.3) is 11.8 Å². The first-order chi connectivity index (χ1) is 16.2. The Morgan fingerprint density at radius 1 is 1.12 bits per heavy atom. The molecule has 1 aliphatic heterocycles. The lowest BCUT2D eigenvalue weighted by atomic mass is 10.00. The summed E-state index contributed by atoms with van der Waals surface area (Å²) in [6, 6.07) is 8.91. The van der Waals surface area contributed by atoms with Crippen LogP contribution in [0.3, 0.4) is 0 Å². The predicted octanol–water partition coefficient (Wildman–Crippen LogP) is 2.79. The van der Waals surface area contributed by atoms with Crippen LogP contribution in [-0.4, -0.2) is 60.8 Å². The first-order valence-electron chi connectivity index (χ1n) is 10.7. The van der Waals surface area contributed by atoms with Crippen molar-refractivity contribution < 1.29 is 27.5 Å². The van der Waals surface area contributed by atoms with Crippen LogP contribution in [0.1, 0.15) is 50.6 Å². The molecule has 0 spiro atoms. The molecular weight excluding hydrogens is 458 g/mol. The van der Waals surface area contributed by atoms with Crippen LogP contribution >= 0.6 is 0 Å². The SMILES string of the molecule is CCOc1cc(C(CS(C)(=O)=O)N2C(=O)c3cccc(Cc4ncc[nH]4)c3C2=O)ccc1OC. The number of hydrogen-bond acceptors (Lipinski definition) is 7. The number of carbonyl (C=O) groups excluding carboxylic acids is 2. The number of H-pyrrole nitrogens is 1. The van der Waals surface area contributed by atoms with Crippen LogP contribution in [0, 0.1) is 0 Å². The van der Waals surface area contributed by atoms with Crippen LogP contribution in [0.4, 0.5) is 0 Å². The second-order valence-electron chi connectivity index (χ2n) is 7.98. The monoisotopic (exact) mass is 483 g/mol. The topological polar surface area (TPSA) is 119 Å². The number of sulfone groups is 1. The van der Waals surface area contributed by atoms with Gasteiger partial charge < -0.3 is 14.5 Å². The van der Waals surface area contributed by atoms with Crippen molar-refractivity contribution in [3.05, 3.63) is 76.9 Å². The van der Waals surface area contributed by atoms with Gasteiger partial charge in [0.05, 0.1) is 36.6 Å². The van der Waals surface area contributed by atoms with Crippen LogP contribution in [0.5, 0.6) is 11.5 Å². The molecule has 1 atom stereocenters. The van der Waals surface area contributed by atoms with Crippen molar-refractivity contribution in [1.29, 1.82) is 0 Å². The third kappa shape index (κ3) is 4.54. The van der Waals surface area contributed by atoms with Gasteiger partial charge in [-0.1, -0.05) is 18.2 Å². The summed E-state index contributed by atoms with van der Waals surface area (Å²) in [6.45, 7) is 2.17. The van der Waals surface area contributed by atoms with Gasteiger partial charge in [0.15, 0.2) is 11.5 Å². The van der Waals surface area contributed by atoms with E-state index in [0.29, 0.717) is 41.5 Å². The third-order valence-electron chi connectivity index (χ3n) is 5.59. The van der Waals surface area contributed by atoms with Crippen molar-refractivity contribution in [3.8, 4) is 11.5 Å². The van der Waals surface area contributed by atoms with Gasteiger partial charge in [-0.05, 0) is 36.2 Å². The lowest BCUT2D eigenvalue weighted by Gasteiger charge is -2.27. The number of aromatic amines is 1. The van der Waals surface area contributed by atoms with Crippen LogP contribution in [0.2, 0.25) is 0 Å². The highest BCUT2D eigenvalue weighted by Gasteiger charge is 2.43. The third-order valence-corrected chi connectivity index (χ3v) is 6.51. The molecule has 178 valence electrons. The summed E-state index contributed by atoms with van der Waals surface area (Å²) in [5, 5.41) is 0. The summed E-state index contributed by atoms with van der Waals surface area (Å²) in [5.74, 6) is 0.0108. The van der Waals surface area contributed by atoms with Gasteiger partial charge in [0, 0.05) is 25.1 Å². The van der Waals surface area contributed by atoms with Crippen LogP contribution in [0.15, 0.2) is 48.8 Å². The van der Waals surface area contributed by atoms with E-state index in [-0.39, 0.29) is 11.1 Å². The number of hydrogen-bond donors (Lipinski definition) is 1. The molecule has 2 amide bonds. The Morgan fingerprint density at radius 2 is 1.91 bits per heavy atom. The van der Waals surface area contributed by atoms with Gasteiger partial charge in [-0.15, -0.1) is 0 Å². The molecular formula is C24H25N3O6S. The molecule has 1 aromatic heterocycles. The van der Waals surface area contributed by atoms with E-state index in [1.54, 1.807) is 48.8 Å². The fourth-order valence-electron chi connectivity index (χ4n) is 4.15.